The molecule has 1 atom stereocenters. The summed E-state index contributed by atoms with van der Waals surface area (Å²) in [7, 11) is 0. The van der Waals surface area contributed by atoms with Crippen LogP contribution in [0, 0.1) is 0 Å². The average molecular weight is 333 g/mol. The van der Waals surface area contributed by atoms with Crippen molar-refractivity contribution in [2.45, 2.75) is 32.3 Å². The van der Waals surface area contributed by atoms with Gasteiger partial charge in [-0.05, 0) is 37.5 Å². The second-order valence-corrected chi connectivity index (χ2v) is 6.60. The van der Waals surface area contributed by atoms with Crippen molar-refractivity contribution < 1.29 is 19.4 Å². The van der Waals surface area contributed by atoms with E-state index < -0.39 is 5.97 Å². The number of carboxylic acid groups (broad SMARTS) is 1. The SMILES string of the molecule is CCc1cnc(-c2cc(OCC3CCCO3)cc(C(=O)O)c2)s1. The number of carbonyl (C=O) groups is 1. The molecule has 0 aliphatic carbocycles. The van der Waals surface area contributed by atoms with Crippen LogP contribution < -0.4 is 4.74 Å². The third-order valence-electron chi connectivity index (χ3n) is 3.76. The molecule has 2 heterocycles. The van der Waals surface area contributed by atoms with Crippen LogP contribution in [0.4, 0.5) is 0 Å². The van der Waals surface area contributed by atoms with E-state index in [1.54, 1.807) is 23.5 Å². The number of aryl methyl sites for hydroxylation is 1. The first kappa shape index (κ1) is 16.0. The maximum absolute atomic E-state index is 11.4. The summed E-state index contributed by atoms with van der Waals surface area (Å²) >= 11 is 1.57. The Balaban J connectivity index is 1.84. The lowest BCUT2D eigenvalue weighted by Crippen LogP contribution is -2.16. The molecule has 5 nitrogen and oxygen atoms in total. The lowest BCUT2D eigenvalue weighted by atomic mass is 10.1. The Hall–Kier alpha value is -1.92. The van der Waals surface area contributed by atoms with Gasteiger partial charge in [-0.15, -0.1) is 11.3 Å². The predicted molar refractivity (Wildman–Crippen MR) is 88.4 cm³/mol. The highest BCUT2D eigenvalue weighted by atomic mass is 32.1. The summed E-state index contributed by atoms with van der Waals surface area (Å²) in [5.41, 5.74) is 0.982. The van der Waals surface area contributed by atoms with Crippen LogP contribution >= 0.6 is 11.3 Å². The number of nitrogens with zero attached hydrogens (tertiary/aromatic N) is 1. The minimum atomic E-state index is -0.971. The van der Waals surface area contributed by atoms with Gasteiger partial charge in [0, 0.05) is 23.2 Å². The van der Waals surface area contributed by atoms with Crippen molar-refractivity contribution in [1.29, 1.82) is 0 Å². The molecule has 1 aliphatic rings. The highest BCUT2D eigenvalue weighted by Crippen LogP contribution is 2.30. The number of aromatic nitrogens is 1. The van der Waals surface area contributed by atoms with Crippen LogP contribution in [0.15, 0.2) is 24.4 Å². The fourth-order valence-electron chi connectivity index (χ4n) is 2.50. The molecule has 0 spiro atoms. The zero-order chi connectivity index (χ0) is 16.2. The standard InChI is InChI=1S/C17H19NO4S/c1-2-15-9-18-16(23-15)11-6-12(17(19)20)8-14(7-11)22-10-13-4-3-5-21-13/h6-9,13H,2-5,10H2,1H3,(H,19,20). The van der Waals surface area contributed by atoms with E-state index in [1.165, 1.54) is 4.88 Å². The molecule has 0 bridgehead atoms. The van der Waals surface area contributed by atoms with E-state index in [4.69, 9.17) is 9.47 Å². The first-order chi connectivity index (χ1) is 11.2. The van der Waals surface area contributed by atoms with Crippen molar-refractivity contribution in [2.75, 3.05) is 13.2 Å². The van der Waals surface area contributed by atoms with Crippen LogP contribution in [0.25, 0.3) is 10.6 Å². The Kier molecular flexibility index (Phi) is 4.93. The molecule has 1 unspecified atom stereocenters. The Labute approximate surface area is 138 Å². The van der Waals surface area contributed by atoms with Crippen LogP contribution in [0.1, 0.15) is 35.0 Å². The van der Waals surface area contributed by atoms with Gasteiger partial charge in [-0.2, -0.15) is 0 Å². The maximum Gasteiger partial charge on any atom is 0.335 e. The highest BCUT2D eigenvalue weighted by Gasteiger charge is 2.17. The summed E-state index contributed by atoms with van der Waals surface area (Å²) < 4.78 is 11.3. The summed E-state index contributed by atoms with van der Waals surface area (Å²) in [6.45, 7) is 3.29. The topological polar surface area (TPSA) is 68.7 Å². The van der Waals surface area contributed by atoms with Crippen molar-refractivity contribution in [3.8, 4) is 16.3 Å². The van der Waals surface area contributed by atoms with Gasteiger partial charge in [0.1, 0.15) is 17.4 Å². The summed E-state index contributed by atoms with van der Waals surface area (Å²) in [6, 6.07) is 5.04. The zero-order valence-corrected chi connectivity index (χ0v) is 13.8. The zero-order valence-electron chi connectivity index (χ0n) is 12.9. The van der Waals surface area contributed by atoms with Gasteiger partial charge in [0.2, 0.25) is 0 Å². The Morgan fingerprint density at radius 2 is 2.35 bits per heavy atom. The number of hydrogen-bond acceptors (Lipinski definition) is 5. The normalized spacial score (nSPS) is 17.3. The number of rotatable bonds is 6. The van der Waals surface area contributed by atoms with E-state index in [-0.39, 0.29) is 11.7 Å². The number of thiazole rings is 1. The highest BCUT2D eigenvalue weighted by molar-refractivity contribution is 7.15. The molecule has 6 heteroatoms. The Morgan fingerprint density at radius 3 is 3.00 bits per heavy atom. The lowest BCUT2D eigenvalue weighted by molar-refractivity contribution is 0.0672. The molecule has 1 fully saturated rings. The van der Waals surface area contributed by atoms with Crippen LogP contribution in [0.2, 0.25) is 0 Å². The van der Waals surface area contributed by atoms with Gasteiger partial charge in [-0.1, -0.05) is 6.92 Å². The fourth-order valence-corrected chi connectivity index (χ4v) is 3.34. The van der Waals surface area contributed by atoms with Gasteiger partial charge in [-0.3, -0.25) is 0 Å². The summed E-state index contributed by atoms with van der Waals surface area (Å²) in [4.78, 5) is 16.9. The molecular formula is C17H19NO4S. The van der Waals surface area contributed by atoms with Crippen LogP contribution in [0.5, 0.6) is 5.75 Å². The second-order valence-electron chi connectivity index (χ2n) is 5.48. The minimum Gasteiger partial charge on any atom is -0.491 e. The van der Waals surface area contributed by atoms with E-state index in [2.05, 4.69) is 11.9 Å². The van der Waals surface area contributed by atoms with Crippen molar-refractivity contribution in [3.63, 3.8) is 0 Å². The molecule has 1 aromatic carbocycles. The fraction of sp³-hybridized carbons (Fsp3) is 0.412. The quantitative estimate of drug-likeness (QED) is 0.874. The smallest absolute Gasteiger partial charge is 0.335 e. The van der Waals surface area contributed by atoms with E-state index in [1.807, 2.05) is 12.3 Å². The number of aromatic carboxylic acids is 1. The molecule has 0 saturated carbocycles. The summed E-state index contributed by atoms with van der Waals surface area (Å²) in [5.74, 6) is -0.426. The molecule has 1 N–H and O–H groups in total. The van der Waals surface area contributed by atoms with E-state index in [9.17, 15) is 9.90 Å². The maximum atomic E-state index is 11.4. The Bertz CT molecular complexity index is 692. The van der Waals surface area contributed by atoms with Crippen molar-refractivity contribution in [1.82, 2.24) is 4.98 Å². The minimum absolute atomic E-state index is 0.0958. The van der Waals surface area contributed by atoms with Crippen molar-refractivity contribution >= 4 is 17.3 Å². The van der Waals surface area contributed by atoms with Gasteiger partial charge in [-0.25, -0.2) is 9.78 Å². The van der Waals surface area contributed by atoms with E-state index in [0.717, 1.165) is 36.4 Å². The molecular weight excluding hydrogens is 314 g/mol. The molecule has 1 aliphatic heterocycles. The molecule has 3 rings (SSSR count). The average Bonchev–Trinajstić information content (AvgIpc) is 3.24. The van der Waals surface area contributed by atoms with Gasteiger partial charge in [0.15, 0.2) is 0 Å². The summed E-state index contributed by atoms with van der Waals surface area (Å²) in [5, 5.41) is 10.1. The molecule has 0 radical (unpaired) electrons. The van der Waals surface area contributed by atoms with Gasteiger partial charge in [0.05, 0.1) is 11.7 Å². The monoisotopic (exact) mass is 333 g/mol. The first-order valence-electron chi connectivity index (χ1n) is 7.73. The van der Waals surface area contributed by atoms with Crippen molar-refractivity contribution in [3.05, 3.63) is 34.8 Å². The second kappa shape index (κ2) is 7.10. The Morgan fingerprint density at radius 1 is 1.48 bits per heavy atom. The van der Waals surface area contributed by atoms with E-state index >= 15 is 0 Å². The van der Waals surface area contributed by atoms with Crippen LogP contribution in [0.3, 0.4) is 0 Å². The lowest BCUT2D eigenvalue weighted by Gasteiger charge is -2.12. The van der Waals surface area contributed by atoms with Crippen molar-refractivity contribution in [2.24, 2.45) is 0 Å². The van der Waals surface area contributed by atoms with Crippen LogP contribution in [-0.2, 0) is 11.2 Å². The molecule has 1 aromatic heterocycles. The van der Waals surface area contributed by atoms with Gasteiger partial charge < -0.3 is 14.6 Å². The molecule has 122 valence electrons. The third kappa shape index (κ3) is 3.89. The predicted octanol–water partition coefficient (Wildman–Crippen LogP) is 3.63. The first-order valence-corrected chi connectivity index (χ1v) is 8.55. The molecule has 23 heavy (non-hydrogen) atoms. The summed E-state index contributed by atoms with van der Waals surface area (Å²) in [6.07, 6.45) is 4.88. The number of hydrogen-bond donors (Lipinski definition) is 1. The molecule has 0 amide bonds. The largest absolute Gasteiger partial charge is 0.491 e. The van der Waals surface area contributed by atoms with Gasteiger partial charge >= 0.3 is 5.97 Å². The van der Waals surface area contributed by atoms with Gasteiger partial charge in [0.25, 0.3) is 0 Å². The third-order valence-corrected chi connectivity index (χ3v) is 4.95. The molecule has 1 saturated heterocycles. The number of benzene rings is 1. The molecule has 2 aromatic rings. The number of ether oxygens (including phenoxy) is 2. The van der Waals surface area contributed by atoms with Crippen LogP contribution in [-0.4, -0.2) is 35.4 Å². The number of carboxylic acids is 1. The van der Waals surface area contributed by atoms with E-state index in [0.29, 0.717) is 12.4 Å².